The average molecular weight is 399 g/mol. The van der Waals surface area contributed by atoms with Gasteiger partial charge in [0.1, 0.15) is 0 Å². The number of carbonyl (C=O) groups excluding carboxylic acids is 3. The Morgan fingerprint density at radius 2 is 1.62 bits per heavy atom. The van der Waals surface area contributed by atoms with Crippen LogP contribution in [0.4, 0.5) is 10.5 Å². The molecule has 2 aliphatic heterocycles. The lowest BCUT2D eigenvalue weighted by Gasteiger charge is -2.32. The van der Waals surface area contributed by atoms with Crippen molar-refractivity contribution >= 4 is 23.5 Å². The maximum absolute atomic E-state index is 12.8. The van der Waals surface area contributed by atoms with Crippen molar-refractivity contribution in [2.45, 2.75) is 57.5 Å². The largest absolute Gasteiger partial charge is 0.371 e. The molecule has 0 N–H and O–H groups in total. The van der Waals surface area contributed by atoms with Crippen molar-refractivity contribution in [3.63, 3.8) is 0 Å². The summed E-state index contributed by atoms with van der Waals surface area (Å²) in [6.07, 6.45) is 7.31. The van der Waals surface area contributed by atoms with Crippen molar-refractivity contribution in [3.8, 4) is 0 Å². The Labute approximate surface area is 172 Å². The molecule has 1 aliphatic carbocycles. The molecule has 0 bridgehead atoms. The van der Waals surface area contributed by atoms with Crippen molar-refractivity contribution < 1.29 is 14.4 Å². The highest BCUT2D eigenvalue weighted by Crippen LogP contribution is 2.28. The summed E-state index contributed by atoms with van der Waals surface area (Å²) in [6.45, 7) is 2.87. The van der Waals surface area contributed by atoms with E-state index in [0.717, 1.165) is 43.7 Å². The van der Waals surface area contributed by atoms with Gasteiger partial charge in [0.05, 0.1) is 6.67 Å². The van der Waals surface area contributed by atoms with Crippen LogP contribution >= 0.6 is 0 Å². The zero-order chi connectivity index (χ0) is 20.4. The smallest absolute Gasteiger partial charge is 0.335 e. The molecule has 0 spiro atoms. The van der Waals surface area contributed by atoms with Crippen LogP contribution in [0.1, 0.15) is 50.5 Å². The fraction of sp³-hybridized carbons (Fsp3) is 0.591. The van der Waals surface area contributed by atoms with Gasteiger partial charge in [-0.25, -0.2) is 9.69 Å². The lowest BCUT2D eigenvalue weighted by atomic mass is 10.1. The van der Waals surface area contributed by atoms with Gasteiger partial charge in [-0.1, -0.05) is 31.0 Å². The van der Waals surface area contributed by atoms with Crippen LogP contribution in [-0.4, -0.2) is 65.4 Å². The molecule has 7 nitrogen and oxygen atoms in total. The van der Waals surface area contributed by atoms with E-state index >= 15 is 0 Å². The molecule has 1 aromatic rings. The normalized spacial score (nSPS) is 21.2. The number of nitrogens with zero attached hydrogens (tertiary/aromatic N) is 4. The highest BCUT2D eigenvalue weighted by molar-refractivity contribution is 6.44. The van der Waals surface area contributed by atoms with E-state index in [1.54, 1.807) is 0 Å². The second kappa shape index (κ2) is 8.53. The second-order valence-corrected chi connectivity index (χ2v) is 8.46. The number of hydrogen-bond donors (Lipinski definition) is 0. The third-order valence-corrected chi connectivity index (χ3v) is 6.29. The van der Waals surface area contributed by atoms with Crippen molar-refractivity contribution in [2.24, 2.45) is 0 Å². The van der Waals surface area contributed by atoms with Crippen LogP contribution in [-0.2, 0) is 16.1 Å². The van der Waals surface area contributed by atoms with Crippen LogP contribution in [0.3, 0.4) is 0 Å². The quantitative estimate of drug-likeness (QED) is 0.545. The van der Waals surface area contributed by atoms with Gasteiger partial charge in [0.15, 0.2) is 0 Å². The topological polar surface area (TPSA) is 64.2 Å². The first kappa shape index (κ1) is 19.9. The molecule has 29 heavy (non-hydrogen) atoms. The Hall–Kier alpha value is -2.41. The van der Waals surface area contributed by atoms with E-state index in [4.69, 9.17) is 0 Å². The van der Waals surface area contributed by atoms with Crippen LogP contribution in [0.5, 0.6) is 0 Å². The molecule has 1 aromatic carbocycles. The van der Waals surface area contributed by atoms with Crippen LogP contribution in [0.15, 0.2) is 24.3 Å². The number of imide groups is 2. The van der Waals surface area contributed by atoms with Crippen molar-refractivity contribution in [3.05, 3.63) is 29.8 Å². The van der Waals surface area contributed by atoms with Crippen LogP contribution in [0.25, 0.3) is 0 Å². The number of para-hydroxylation sites is 1. The third kappa shape index (κ3) is 4.01. The van der Waals surface area contributed by atoms with Crippen molar-refractivity contribution in [2.75, 3.05) is 31.7 Å². The molecule has 4 rings (SSSR count). The first-order valence-electron chi connectivity index (χ1n) is 10.8. The number of benzene rings is 1. The molecular weight excluding hydrogens is 368 g/mol. The molecule has 3 aliphatic rings. The summed E-state index contributed by atoms with van der Waals surface area (Å²) >= 11 is 0. The Morgan fingerprint density at radius 1 is 0.931 bits per heavy atom. The van der Waals surface area contributed by atoms with Crippen molar-refractivity contribution in [1.29, 1.82) is 0 Å². The zero-order valence-electron chi connectivity index (χ0n) is 17.2. The number of anilines is 1. The predicted octanol–water partition coefficient (Wildman–Crippen LogP) is 2.80. The van der Waals surface area contributed by atoms with E-state index in [2.05, 4.69) is 23.1 Å². The van der Waals surface area contributed by atoms with Gasteiger partial charge >= 0.3 is 17.8 Å². The lowest BCUT2D eigenvalue weighted by Crippen LogP contribution is -2.42. The minimum absolute atomic E-state index is 0.117. The number of rotatable bonds is 6. The minimum atomic E-state index is -0.696. The van der Waals surface area contributed by atoms with E-state index in [-0.39, 0.29) is 12.7 Å². The van der Waals surface area contributed by atoms with E-state index in [0.29, 0.717) is 6.54 Å². The van der Waals surface area contributed by atoms with Gasteiger partial charge in [0.2, 0.25) is 0 Å². The molecular formula is C22H30N4O3. The molecule has 0 radical (unpaired) electrons. The molecule has 0 unspecified atom stereocenters. The zero-order valence-corrected chi connectivity index (χ0v) is 17.2. The minimum Gasteiger partial charge on any atom is -0.371 e. The van der Waals surface area contributed by atoms with Gasteiger partial charge in [-0.05, 0) is 50.8 Å². The van der Waals surface area contributed by atoms with E-state index < -0.39 is 17.8 Å². The van der Waals surface area contributed by atoms with E-state index in [9.17, 15) is 14.4 Å². The fourth-order valence-corrected chi connectivity index (χ4v) is 4.80. The number of carbonyl (C=O) groups is 3. The average Bonchev–Trinajstić information content (AvgIpc) is 3.32. The Kier molecular flexibility index (Phi) is 5.85. The Morgan fingerprint density at radius 3 is 2.34 bits per heavy atom. The van der Waals surface area contributed by atoms with Gasteiger partial charge in [-0.3, -0.25) is 19.4 Å². The summed E-state index contributed by atoms with van der Waals surface area (Å²) < 4.78 is 0. The molecule has 0 atom stereocenters. The summed E-state index contributed by atoms with van der Waals surface area (Å²) in [5.74, 6) is -1.36. The van der Waals surface area contributed by atoms with Crippen molar-refractivity contribution in [1.82, 2.24) is 14.7 Å². The fourth-order valence-electron chi connectivity index (χ4n) is 4.80. The molecule has 4 amide bonds. The highest BCUT2D eigenvalue weighted by Gasteiger charge is 2.48. The molecule has 0 aromatic heterocycles. The summed E-state index contributed by atoms with van der Waals surface area (Å²) in [5.41, 5.74) is 2.40. The summed E-state index contributed by atoms with van der Waals surface area (Å²) in [7, 11) is 1.89. The van der Waals surface area contributed by atoms with Gasteiger partial charge in [-0.15, -0.1) is 0 Å². The van der Waals surface area contributed by atoms with E-state index in [1.165, 1.54) is 35.4 Å². The maximum atomic E-state index is 12.8. The van der Waals surface area contributed by atoms with Gasteiger partial charge in [0, 0.05) is 31.4 Å². The SMILES string of the molecule is CN(Cc1ccccc1N1CCCCC1)CN1C(=O)C(=O)N(C2CCCC2)C1=O. The molecule has 1 saturated carbocycles. The standard InChI is InChI=1S/C22H30N4O3/c1-23(15-17-9-3-6-12-19(17)24-13-7-2-8-14-24)16-25-20(27)21(28)26(22(25)29)18-10-4-5-11-18/h3,6,9,12,18H,2,4-5,7-8,10-11,13-16H2,1H3. The first-order valence-corrected chi connectivity index (χ1v) is 10.8. The Bertz CT molecular complexity index is 784. The molecule has 2 heterocycles. The van der Waals surface area contributed by atoms with Crippen LogP contribution in [0.2, 0.25) is 0 Å². The molecule has 7 heteroatoms. The number of hydrogen-bond acceptors (Lipinski definition) is 5. The summed E-state index contributed by atoms with van der Waals surface area (Å²) in [4.78, 5) is 44.3. The summed E-state index contributed by atoms with van der Waals surface area (Å²) in [6, 6.07) is 7.75. The van der Waals surface area contributed by atoms with Gasteiger partial charge in [-0.2, -0.15) is 0 Å². The Balaban J connectivity index is 1.43. The molecule has 3 fully saturated rings. The second-order valence-electron chi connectivity index (χ2n) is 8.46. The summed E-state index contributed by atoms with van der Waals surface area (Å²) in [5, 5.41) is 0. The number of urea groups is 1. The van der Waals surface area contributed by atoms with Gasteiger partial charge in [0.25, 0.3) is 0 Å². The van der Waals surface area contributed by atoms with E-state index in [1.807, 2.05) is 18.0 Å². The number of piperidine rings is 1. The predicted molar refractivity (Wildman–Crippen MR) is 110 cm³/mol. The molecule has 2 saturated heterocycles. The maximum Gasteiger partial charge on any atom is 0.335 e. The van der Waals surface area contributed by atoms with Crippen LogP contribution in [0, 0.1) is 0 Å². The first-order chi connectivity index (χ1) is 14.1. The highest BCUT2D eigenvalue weighted by atomic mass is 16.2. The molecule has 156 valence electrons. The number of amides is 4. The van der Waals surface area contributed by atoms with Crippen LogP contribution < -0.4 is 4.90 Å². The lowest BCUT2D eigenvalue weighted by molar-refractivity contribution is -0.144. The van der Waals surface area contributed by atoms with Gasteiger partial charge < -0.3 is 4.90 Å². The monoisotopic (exact) mass is 398 g/mol. The third-order valence-electron chi connectivity index (χ3n) is 6.29.